The van der Waals surface area contributed by atoms with Gasteiger partial charge in [0, 0.05) is 19.1 Å². The summed E-state index contributed by atoms with van der Waals surface area (Å²) in [6.07, 6.45) is 10.6. The molecule has 1 saturated carbocycles. The first-order chi connectivity index (χ1) is 15.5. The maximum atomic E-state index is 13.3. The van der Waals surface area contributed by atoms with Crippen LogP contribution in [0.2, 0.25) is 0 Å². The number of piperazine rings is 1. The van der Waals surface area contributed by atoms with Crippen LogP contribution in [0, 0.1) is 5.92 Å². The second kappa shape index (κ2) is 10.4. The van der Waals surface area contributed by atoms with Crippen molar-refractivity contribution in [2.45, 2.75) is 95.7 Å². The van der Waals surface area contributed by atoms with Gasteiger partial charge in [-0.25, -0.2) is 0 Å². The zero-order valence-corrected chi connectivity index (χ0v) is 20.0. The van der Waals surface area contributed by atoms with E-state index in [9.17, 15) is 9.59 Å². The molecule has 0 aromatic heterocycles. The Balaban J connectivity index is 1.23. The van der Waals surface area contributed by atoms with Crippen molar-refractivity contribution in [1.82, 2.24) is 15.1 Å². The topological polar surface area (TPSA) is 52.7 Å². The largest absolute Gasteiger partial charge is 0.342 e. The van der Waals surface area contributed by atoms with Gasteiger partial charge in [0.1, 0.15) is 11.6 Å². The van der Waals surface area contributed by atoms with Gasteiger partial charge in [0.05, 0.1) is 0 Å². The van der Waals surface area contributed by atoms with E-state index in [2.05, 4.69) is 54.4 Å². The molecule has 32 heavy (non-hydrogen) atoms. The fourth-order valence-electron chi connectivity index (χ4n) is 5.61. The molecule has 1 spiro atoms. The van der Waals surface area contributed by atoms with Gasteiger partial charge in [-0.2, -0.15) is 0 Å². The van der Waals surface area contributed by atoms with Crippen molar-refractivity contribution < 1.29 is 9.59 Å². The molecular formula is C27H41N3O2. The molecule has 1 aromatic carbocycles. The Bertz CT molecular complexity index is 766. The molecule has 2 saturated heterocycles. The highest BCUT2D eigenvalue weighted by Crippen LogP contribution is 2.41. The molecule has 2 heterocycles. The number of likely N-dealkylation sites (tertiary alicyclic amines) is 1. The summed E-state index contributed by atoms with van der Waals surface area (Å²) in [5.74, 6) is 0.678. The molecule has 0 bridgehead atoms. The maximum Gasteiger partial charge on any atom is 0.246 e. The standard InChI is InChI=1S/C27H41N3O2/c1-21(2)20-24-25(31)30(23-13-14-23)27(26(32)28-24)15-18-29(19-16-27)17-9-4-3-6-10-22-11-7-5-8-12-22/h5,7-8,11-12,21,23-24H,3-4,6,9-10,13-20H2,1-2H3,(H,28,32)/t24-/m0/s1. The van der Waals surface area contributed by atoms with Gasteiger partial charge in [-0.05, 0) is 69.4 Å². The minimum Gasteiger partial charge on any atom is -0.342 e. The molecule has 176 valence electrons. The van der Waals surface area contributed by atoms with Crippen LogP contribution < -0.4 is 5.32 Å². The molecule has 1 aromatic rings. The van der Waals surface area contributed by atoms with Crippen molar-refractivity contribution in [1.29, 1.82) is 0 Å². The van der Waals surface area contributed by atoms with E-state index in [1.54, 1.807) is 0 Å². The predicted octanol–water partition coefficient (Wildman–Crippen LogP) is 4.16. The summed E-state index contributed by atoms with van der Waals surface area (Å²) < 4.78 is 0. The molecule has 3 aliphatic rings. The fourth-order valence-corrected chi connectivity index (χ4v) is 5.61. The molecule has 2 amide bonds. The van der Waals surface area contributed by atoms with Gasteiger partial charge >= 0.3 is 0 Å². The normalized spacial score (nSPS) is 23.7. The highest BCUT2D eigenvalue weighted by Gasteiger charge is 2.57. The van der Waals surface area contributed by atoms with Gasteiger partial charge in [0.15, 0.2) is 0 Å². The molecule has 1 atom stereocenters. The summed E-state index contributed by atoms with van der Waals surface area (Å²) in [6.45, 7) is 7.18. The molecule has 5 nitrogen and oxygen atoms in total. The number of hydrogen-bond acceptors (Lipinski definition) is 3. The Morgan fingerprint density at radius 3 is 2.34 bits per heavy atom. The Hall–Kier alpha value is -1.88. The second-order valence-corrected chi connectivity index (χ2v) is 10.6. The van der Waals surface area contributed by atoms with Crippen LogP contribution in [0.1, 0.15) is 77.2 Å². The fraction of sp³-hybridized carbons (Fsp3) is 0.704. The zero-order valence-electron chi connectivity index (χ0n) is 20.0. The van der Waals surface area contributed by atoms with Crippen LogP contribution in [0.4, 0.5) is 0 Å². The number of rotatable bonds is 10. The van der Waals surface area contributed by atoms with E-state index >= 15 is 0 Å². The first-order valence-electron chi connectivity index (χ1n) is 12.9. The van der Waals surface area contributed by atoms with Crippen molar-refractivity contribution in [3.63, 3.8) is 0 Å². The van der Waals surface area contributed by atoms with Crippen molar-refractivity contribution >= 4 is 11.8 Å². The lowest BCUT2D eigenvalue weighted by atomic mass is 9.80. The van der Waals surface area contributed by atoms with Gasteiger partial charge in [0.2, 0.25) is 11.8 Å². The summed E-state index contributed by atoms with van der Waals surface area (Å²) in [4.78, 5) is 31.1. The number of amides is 2. The average Bonchev–Trinajstić information content (AvgIpc) is 3.61. The van der Waals surface area contributed by atoms with Gasteiger partial charge in [-0.1, -0.05) is 57.0 Å². The Morgan fingerprint density at radius 2 is 1.69 bits per heavy atom. The summed E-state index contributed by atoms with van der Waals surface area (Å²) in [7, 11) is 0. The number of hydrogen-bond donors (Lipinski definition) is 1. The smallest absolute Gasteiger partial charge is 0.246 e. The van der Waals surface area contributed by atoms with E-state index in [-0.39, 0.29) is 17.9 Å². The highest BCUT2D eigenvalue weighted by atomic mass is 16.2. The maximum absolute atomic E-state index is 13.3. The molecular weight excluding hydrogens is 398 g/mol. The summed E-state index contributed by atoms with van der Waals surface area (Å²) in [5.41, 5.74) is 0.836. The number of carbonyl (C=O) groups is 2. The first kappa shape index (κ1) is 23.3. The molecule has 3 fully saturated rings. The van der Waals surface area contributed by atoms with Crippen LogP contribution in [0.5, 0.6) is 0 Å². The summed E-state index contributed by atoms with van der Waals surface area (Å²) in [5, 5.41) is 3.12. The summed E-state index contributed by atoms with van der Waals surface area (Å²) >= 11 is 0. The van der Waals surface area contributed by atoms with E-state index in [1.807, 2.05) is 4.90 Å². The van der Waals surface area contributed by atoms with Crippen LogP contribution in [0.25, 0.3) is 0 Å². The van der Waals surface area contributed by atoms with Crippen LogP contribution in [-0.4, -0.2) is 58.9 Å². The monoisotopic (exact) mass is 439 g/mol. The average molecular weight is 440 g/mol. The number of aryl methyl sites for hydroxylation is 1. The van der Waals surface area contributed by atoms with E-state index in [0.717, 1.165) is 51.7 Å². The Labute approximate surface area is 193 Å². The number of nitrogens with one attached hydrogen (secondary N) is 1. The van der Waals surface area contributed by atoms with Crippen molar-refractivity contribution in [2.75, 3.05) is 19.6 Å². The molecule has 5 heteroatoms. The minimum absolute atomic E-state index is 0.107. The van der Waals surface area contributed by atoms with E-state index in [4.69, 9.17) is 0 Å². The van der Waals surface area contributed by atoms with Crippen LogP contribution in [-0.2, 0) is 16.0 Å². The molecule has 0 unspecified atom stereocenters. The Morgan fingerprint density at radius 1 is 1.00 bits per heavy atom. The van der Waals surface area contributed by atoms with Gasteiger partial charge in [0.25, 0.3) is 0 Å². The number of nitrogens with zero attached hydrogens (tertiary/aromatic N) is 2. The number of benzene rings is 1. The third kappa shape index (κ3) is 5.36. The lowest BCUT2D eigenvalue weighted by Gasteiger charge is -2.52. The molecule has 0 radical (unpaired) electrons. The quantitative estimate of drug-likeness (QED) is 0.557. The third-order valence-corrected chi connectivity index (χ3v) is 7.56. The second-order valence-electron chi connectivity index (χ2n) is 10.6. The molecule has 1 N–H and O–H groups in total. The Kier molecular flexibility index (Phi) is 7.55. The first-order valence-corrected chi connectivity index (χ1v) is 12.9. The lowest BCUT2D eigenvalue weighted by molar-refractivity contribution is -0.162. The predicted molar refractivity (Wildman–Crippen MR) is 128 cm³/mol. The highest BCUT2D eigenvalue weighted by molar-refractivity contribution is 6.00. The van der Waals surface area contributed by atoms with Crippen molar-refractivity contribution in [3.8, 4) is 0 Å². The van der Waals surface area contributed by atoms with Crippen LogP contribution in [0.15, 0.2) is 30.3 Å². The molecule has 4 rings (SSSR count). The van der Waals surface area contributed by atoms with Crippen molar-refractivity contribution in [2.24, 2.45) is 5.92 Å². The van der Waals surface area contributed by atoms with E-state index in [1.165, 1.54) is 37.7 Å². The zero-order chi connectivity index (χ0) is 22.6. The molecule has 1 aliphatic carbocycles. The van der Waals surface area contributed by atoms with Crippen LogP contribution in [0.3, 0.4) is 0 Å². The van der Waals surface area contributed by atoms with Gasteiger partial charge in [-0.15, -0.1) is 0 Å². The molecule has 2 aliphatic heterocycles. The number of piperidine rings is 1. The number of unbranched alkanes of at least 4 members (excludes halogenated alkanes) is 3. The minimum atomic E-state index is -0.599. The van der Waals surface area contributed by atoms with Crippen LogP contribution >= 0.6 is 0 Å². The van der Waals surface area contributed by atoms with Crippen molar-refractivity contribution in [3.05, 3.63) is 35.9 Å². The van der Waals surface area contributed by atoms with E-state index < -0.39 is 5.54 Å². The van der Waals surface area contributed by atoms with E-state index in [0.29, 0.717) is 12.0 Å². The van der Waals surface area contributed by atoms with Gasteiger partial charge < -0.3 is 15.1 Å². The third-order valence-electron chi connectivity index (χ3n) is 7.56. The SMILES string of the molecule is CC(C)C[C@@H]1NC(=O)C2(CCN(CCCCCCc3ccccc3)CC2)N(C2CC2)C1=O. The summed E-state index contributed by atoms with van der Waals surface area (Å²) in [6, 6.07) is 10.7. The lowest BCUT2D eigenvalue weighted by Crippen LogP contribution is -2.73. The van der Waals surface area contributed by atoms with Gasteiger partial charge in [-0.3, -0.25) is 9.59 Å². The number of carbonyl (C=O) groups excluding carboxylic acids is 2.